The zero-order chi connectivity index (χ0) is 12.2. The smallest absolute Gasteiger partial charge is 0.189 e. The van der Waals surface area contributed by atoms with Gasteiger partial charge >= 0.3 is 0 Å². The molecule has 5 nitrogen and oxygen atoms in total. The van der Waals surface area contributed by atoms with Crippen LogP contribution in [0.1, 0.15) is 6.92 Å². The number of Topliss-reactive ketones (excluding diaryl/α,β-unsaturated/α-hetero) is 1. The Morgan fingerprint density at radius 2 is 1.67 bits per heavy atom. The lowest BCUT2D eigenvalue weighted by molar-refractivity contribution is -0.141. The summed E-state index contributed by atoms with van der Waals surface area (Å²) >= 11 is 0. The fourth-order valence-corrected chi connectivity index (χ4v) is 0.869. The predicted molar refractivity (Wildman–Crippen MR) is 53.0 cm³/mol. The molecule has 0 aromatic rings. The lowest BCUT2D eigenvalue weighted by atomic mass is 9.98. The average Bonchev–Trinajstić information content (AvgIpc) is 2.23. The van der Waals surface area contributed by atoms with Gasteiger partial charge in [-0.1, -0.05) is 13.2 Å². The molecule has 3 unspecified atom stereocenters. The third-order valence-electron chi connectivity index (χ3n) is 1.83. The summed E-state index contributed by atoms with van der Waals surface area (Å²) in [6.07, 6.45) is -4.80. The molecule has 0 fully saturated rings. The maximum atomic E-state index is 11.1. The molecule has 0 aliphatic carbocycles. The first-order valence-electron chi connectivity index (χ1n) is 4.23. The second-order valence-electron chi connectivity index (χ2n) is 3.13. The number of carbonyl (C=O) groups is 2. The number of aliphatic hydroxyl groups excluding tert-OH is 3. The number of hydrogen-bond donors (Lipinski definition) is 3. The van der Waals surface area contributed by atoms with Gasteiger partial charge in [-0.05, 0) is 18.6 Å². The van der Waals surface area contributed by atoms with E-state index in [-0.39, 0.29) is 5.57 Å². The zero-order valence-electron chi connectivity index (χ0n) is 8.38. The van der Waals surface area contributed by atoms with Gasteiger partial charge in [-0.3, -0.25) is 9.59 Å². The van der Waals surface area contributed by atoms with E-state index in [9.17, 15) is 24.9 Å². The summed E-state index contributed by atoms with van der Waals surface area (Å²) < 4.78 is 0. The second kappa shape index (κ2) is 5.55. The number of carbonyl (C=O) groups excluding carboxylic acids is 2. The Morgan fingerprint density at radius 1 is 1.20 bits per heavy atom. The summed E-state index contributed by atoms with van der Waals surface area (Å²) in [5, 5.41) is 27.7. The van der Waals surface area contributed by atoms with Crippen LogP contribution in [0.2, 0.25) is 0 Å². The topological polar surface area (TPSA) is 94.8 Å². The van der Waals surface area contributed by atoms with E-state index in [1.807, 2.05) is 0 Å². The van der Waals surface area contributed by atoms with Gasteiger partial charge in [-0.2, -0.15) is 0 Å². The molecule has 0 aromatic carbocycles. The Labute approximate surface area is 87.4 Å². The molecule has 0 saturated carbocycles. The van der Waals surface area contributed by atoms with Crippen molar-refractivity contribution in [3.8, 4) is 0 Å². The summed E-state index contributed by atoms with van der Waals surface area (Å²) in [6, 6.07) is 0. The van der Waals surface area contributed by atoms with Crippen LogP contribution >= 0.6 is 0 Å². The van der Waals surface area contributed by atoms with Gasteiger partial charge in [-0.25, -0.2) is 0 Å². The summed E-state index contributed by atoms with van der Waals surface area (Å²) in [5.74, 6) is -1.69. The van der Waals surface area contributed by atoms with Gasteiger partial charge in [-0.15, -0.1) is 0 Å². The van der Waals surface area contributed by atoms with Crippen LogP contribution in [-0.4, -0.2) is 45.2 Å². The van der Waals surface area contributed by atoms with E-state index in [0.29, 0.717) is 0 Å². The highest BCUT2D eigenvalue weighted by Crippen LogP contribution is 2.07. The normalized spacial score (nSPS) is 16.3. The van der Waals surface area contributed by atoms with Crippen LogP contribution in [0.15, 0.2) is 24.8 Å². The SMILES string of the molecule is C=CC(=O)C(O)C(O)C(O)C(=O)C(=C)C. The minimum Gasteiger partial charge on any atom is -0.387 e. The minimum absolute atomic E-state index is 0.0276. The molecule has 5 heteroatoms. The van der Waals surface area contributed by atoms with Crippen molar-refractivity contribution < 1.29 is 24.9 Å². The van der Waals surface area contributed by atoms with Crippen LogP contribution in [0.3, 0.4) is 0 Å². The largest absolute Gasteiger partial charge is 0.387 e. The van der Waals surface area contributed by atoms with E-state index < -0.39 is 29.9 Å². The molecule has 84 valence electrons. The Kier molecular flexibility index (Phi) is 5.07. The molecule has 15 heavy (non-hydrogen) atoms. The van der Waals surface area contributed by atoms with Gasteiger partial charge in [0.1, 0.15) is 18.3 Å². The number of aliphatic hydroxyl groups is 3. The average molecular weight is 214 g/mol. The third kappa shape index (κ3) is 3.39. The molecule has 0 spiro atoms. The number of rotatable bonds is 6. The lowest BCUT2D eigenvalue weighted by Gasteiger charge is -2.20. The summed E-state index contributed by atoms with van der Waals surface area (Å²) in [4.78, 5) is 22.0. The number of hydrogen-bond acceptors (Lipinski definition) is 5. The van der Waals surface area contributed by atoms with E-state index in [4.69, 9.17) is 0 Å². The Bertz CT molecular complexity index is 294. The van der Waals surface area contributed by atoms with Crippen LogP contribution in [0.4, 0.5) is 0 Å². The van der Waals surface area contributed by atoms with Gasteiger partial charge in [0.25, 0.3) is 0 Å². The zero-order valence-corrected chi connectivity index (χ0v) is 8.38. The van der Waals surface area contributed by atoms with Crippen molar-refractivity contribution in [2.24, 2.45) is 0 Å². The van der Waals surface area contributed by atoms with Gasteiger partial charge in [0.2, 0.25) is 0 Å². The molecule has 0 rings (SSSR count). The lowest BCUT2D eigenvalue weighted by Crippen LogP contribution is -2.45. The van der Waals surface area contributed by atoms with E-state index in [1.54, 1.807) is 0 Å². The summed E-state index contributed by atoms with van der Waals surface area (Å²) in [6.45, 7) is 7.72. The second-order valence-corrected chi connectivity index (χ2v) is 3.13. The molecular formula is C10H14O5. The van der Waals surface area contributed by atoms with Gasteiger partial charge in [0, 0.05) is 0 Å². The van der Waals surface area contributed by atoms with Crippen molar-refractivity contribution in [3.63, 3.8) is 0 Å². The fourth-order valence-electron chi connectivity index (χ4n) is 0.869. The van der Waals surface area contributed by atoms with E-state index in [0.717, 1.165) is 6.08 Å². The van der Waals surface area contributed by atoms with E-state index >= 15 is 0 Å². The maximum Gasteiger partial charge on any atom is 0.189 e. The Hall–Kier alpha value is -1.30. The van der Waals surface area contributed by atoms with E-state index in [2.05, 4.69) is 13.2 Å². The van der Waals surface area contributed by atoms with E-state index in [1.165, 1.54) is 6.92 Å². The minimum atomic E-state index is -1.88. The van der Waals surface area contributed by atoms with Crippen LogP contribution in [0, 0.1) is 0 Å². The summed E-state index contributed by atoms with van der Waals surface area (Å²) in [7, 11) is 0. The van der Waals surface area contributed by atoms with Crippen LogP contribution in [0.25, 0.3) is 0 Å². The first kappa shape index (κ1) is 13.7. The third-order valence-corrected chi connectivity index (χ3v) is 1.83. The maximum absolute atomic E-state index is 11.1. The highest BCUT2D eigenvalue weighted by molar-refractivity contribution is 5.99. The Balaban J connectivity index is 4.63. The molecule has 0 aliphatic heterocycles. The molecular weight excluding hydrogens is 200 g/mol. The monoisotopic (exact) mass is 214 g/mol. The molecule has 3 atom stereocenters. The molecule has 0 heterocycles. The quantitative estimate of drug-likeness (QED) is 0.491. The molecule has 0 amide bonds. The van der Waals surface area contributed by atoms with Crippen molar-refractivity contribution in [2.75, 3.05) is 0 Å². The van der Waals surface area contributed by atoms with Crippen LogP contribution in [0.5, 0.6) is 0 Å². The van der Waals surface area contributed by atoms with Crippen molar-refractivity contribution in [2.45, 2.75) is 25.2 Å². The first-order valence-corrected chi connectivity index (χ1v) is 4.23. The van der Waals surface area contributed by atoms with Crippen molar-refractivity contribution >= 4 is 11.6 Å². The van der Waals surface area contributed by atoms with Crippen LogP contribution < -0.4 is 0 Å². The molecule has 0 bridgehead atoms. The molecule has 0 radical (unpaired) electrons. The Morgan fingerprint density at radius 3 is 2.00 bits per heavy atom. The highest BCUT2D eigenvalue weighted by atomic mass is 16.4. The van der Waals surface area contributed by atoms with Crippen molar-refractivity contribution in [3.05, 3.63) is 24.8 Å². The molecule has 0 aliphatic rings. The first-order chi connectivity index (χ1) is 6.82. The van der Waals surface area contributed by atoms with Crippen LogP contribution in [-0.2, 0) is 9.59 Å². The predicted octanol–water partition coefficient (Wildman–Crippen LogP) is -1.03. The standard InChI is InChI=1S/C10H14O5/c1-4-6(11)8(13)10(15)9(14)7(12)5(2)3/h4,8-10,13-15H,1-2H2,3H3. The molecule has 3 N–H and O–H groups in total. The fraction of sp³-hybridized carbons (Fsp3) is 0.400. The van der Waals surface area contributed by atoms with Gasteiger partial charge < -0.3 is 15.3 Å². The summed E-state index contributed by atoms with van der Waals surface area (Å²) in [5.41, 5.74) is 0.0276. The molecule has 0 aromatic heterocycles. The molecule has 0 saturated heterocycles. The van der Waals surface area contributed by atoms with Gasteiger partial charge in [0.15, 0.2) is 11.6 Å². The van der Waals surface area contributed by atoms with Crippen molar-refractivity contribution in [1.29, 1.82) is 0 Å². The highest BCUT2D eigenvalue weighted by Gasteiger charge is 2.33. The van der Waals surface area contributed by atoms with Gasteiger partial charge in [0.05, 0.1) is 0 Å². The number of ketones is 2. The van der Waals surface area contributed by atoms with Crippen molar-refractivity contribution in [1.82, 2.24) is 0 Å².